The van der Waals surface area contributed by atoms with E-state index in [4.69, 9.17) is 9.84 Å². The number of benzene rings is 2. The van der Waals surface area contributed by atoms with Crippen molar-refractivity contribution in [3.63, 3.8) is 0 Å². The van der Waals surface area contributed by atoms with Crippen LogP contribution < -0.4 is 4.74 Å². The number of hydrogen-bond acceptors (Lipinski definition) is 2. The van der Waals surface area contributed by atoms with Crippen molar-refractivity contribution in [2.45, 2.75) is 44.4 Å². The fourth-order valence-electron chi connectivity index (χ4n) is 3.13. The molecule has 0 heterocycles. The first-order valence-corrected chi connectivity index (χ1v) is 8.34. The molecule has 0 bridgehead atoms. The van der Waals surface area contributed by atoms with Gasteiger partial charge in [0.25, 0.3) is 0 Å². The summed E-state index contributed by atoms with van der Waals surface area (Å²) in [5, 5.41) is 7.00. The summed E-state index contributed by atoms with van der Waals surface area (Å²) in [6.07, 6.45) is 6.70. The van der Waals surface area contributed by atoms with Crippen LogP contribution in [0.15, 0.2) is 60.7 Å². The van der Waals surface area contributed by atoms with Crippen molar-refractivity contribution < 1.29 is 9.84 Å². The summed E-state index contributed by atoms with van der Waals surface area (Å²) in [5.74, 6) is 1.06. The van der Waals surface area contributed by atoms with Gasteiger partial charge in [-0.25, -0.2) is 0 Å². The van der Waals surface area contributed by atoms with E-state index in [2.05, 4.69) is 31.2 Å². The molecular formula is C21H30O2. The van der Waals surface area contributed by atoms with Gasteiger partial charge in [-0.15, -0.1) is 0 Å². The van der Waals surface area contributed by atoms with Crippen LogP contribution in [-0.4, -0.2) is 19.3 Å². The summed E-state index contributed by atoms with van der Waals surface area (Å²) in [6, 6.07) is 20.5. The molecule has 1 aliphatic carbocycles. The molecule has 23 heavy (non-hydrogen) atoms. The zero-order valence-corrected chi connectivity index (χ0v) is 14.7. The Labute approximate surface area is 141 Å². The highest BCUT2D eigenvalue weighted by atomic mass is 16.5. The quantitative estimate of drug-likeness (QED) is 0.824. The average Bonchev–Trinajstić information content (AvgIpc) is 2.66. The van der Waals surface area contributed by atoms with Crippen LogP contribution in [0, 0.1) is 0 Å². The van der Waals surface area contributed by atoms with E-state index >= 15 is 0 Å². The third-order valence-electron chi connectivity index (χ3n) is 4.38. The van der Waals surface area contributed by atoms with Crippen LogP contribution in [0.3, 0.4) is 0 Å². The fourth-order valence-corrected chi connectivity index (χ4v) is 3.13. The number of hydrogen-bond donors (Lipinski definition) is 1. The maximum absolute atomic E-state index is 7.00. The topological polar surface area (TPSA) is 29.5 Å². The van der Waals surface area contributed by atoms with Gasteiger partial charge in [-0.1, -0.05) is 80.8 Å². The highest BCUT2D eigenvalue weighted by Crippen LogP contribution is 2.42. The molecule has 2 nitrogen and oxygen atoms in total. The van der Waals surface area contributed by atoms with E-state index in [9.17, 15) is 0 Å². The summed E-state index contributed by atoms with van der Waals surface area (Å²) < 4.78 is 5.46. The fraction of sp³-hybridized carbons (Fsp3) is 0.429. The van der Waals surface area contributed by atoms with Crippen molar-refractivity contribution in [3.8, 4) is 5.75 Å². The molecule has 0 atom stereocenters. The Morgan fingerprint density at radius 1 is 0.783 bits per heavy atom. The van der Waals surface area contributed by atoms with E-state index in [1.807, 2.05) is 36.4 Å². The number of ether oxygens (including phenoxy) is 1. The number of methoxy groups -OCH3 is 1. The maximum Gasteiger partial charge on any atom is 0.122 e. The summed E-state index contributed by atoms with van der Waals surface area (Å²) in [7, 11) is 2.77. The molecule has 1 saturated carbocycles. The number of para-hydroxylation sites is 1. The van der Waals surface area contributed by atoms with Gasteiger partial charge < -0.3 is 9.84 Å². The van der Waals surface area contributed by atoms with Gasteiger partial charge >= 0.3 is 0 Å². The predicted octanol–water partition coefficient (Wildman–Crippen LogP) is 5.21. The van der Waals surface area contributed by atoms with Gasteiger partial charge in [0.1, 0.15) is 5.75 Å². The largest absolute Gasteiger partial charge is 0.496 e. The number of rotatable bonds is 2. The Bertz CT molecular complexity index is 490. The standard InChI is InChI=1S/C14H20O.C6H6.CH4O/c1-14(10-6-3-7-11-14)12-8-4-5-9-13(12)15-2;1-2-4-6-5-3-1;1-2/h4-5,8-9H,3,6-7,10-11H2,1-2H3;1-6H;2H,1H3. The van der Waals surface area contributed by atoms with E-state index in [0.29, 0.717) is 5.41 Å². The van der Waals surface area contributed by atoms with E-state index in [1.54, 1.807) is 7.11 Å². The molecule has 1 fully saturated rings. The molecule has 1 aliphatic rings. The third-order valence-corrected chi connectivity index (χ3v) is 4.38. The SMILES string of the molecule is CO.COc1ccccc1C1(C)CCCCC1.c1ccccc1. The van der Waals surface area contributed by atoms with Gasteiger partial charge in [0.15, 0.2) is 0 Å². The van der Waals surface area contributed by atoms with Crippen LogP contribution in [0.4, 0.5) is 0 Å². The zero-order valence-electron chi connectivity index (χ0n) is 14.7. The average molecular weight is 314 g/mol. The van der Waals surface area contributed by atoms with Gasteiger partial charge in [0, 0.05) is 12.7 Å². The van der Waals surface area contributed by atoms with Gasteiger partial charge in [0.05, 0.1) is 7.11 Å². The smallest absolute Gasteiger partial charge is 0.122 e. The van der Waals surface area contributed by atoms with Gasteiger partial charge in [-0.3, -0.25) is 0 Å². The molecule has 0 spiro atoms. The summed E-state index contributed by atoms with van der Waals surface area (Å²) in [4.78, 5) is 0. The minimum atomic E-state index is 0.338. The Morgan fingerprint density at radius 2 is 1.26 bits per heavy atom. The van der Waals surface area contributed by atoms with Crippen LogP contribution in [-0.2, 0) is 5.41 Å². The van der Waals surface area contributed by atoms with Crippen LogP contribution in [0.1, 0.15) is 44.6 Å². The lowest BCUT2D eigenvalue weighted by Gasteiger charge is -2.35. The summed E-state index contributed by atoms with van der Waals surface area (Å²) in [5.41, 5.74) is 1.73. The second-order valence-electron chi connectivity index (χ2n) is 5.98. The van der Waals surface area contributed by atoms with Crippen LogP contribution in [0.25, 0.3) is 0 Å². The van der Waals surface area contributed by atoms with Crippen molar-refractivity contribution in [1.29, 1.82) is 0 Å². The van der Waals surface area contributed by atoms with Crippen molar-refractivity contribution in [3.05, 3.63) is 66.2 Å². The molecule has 1 N–H and O–H groups in total. The lowest BCUT2D eigenvalue weighted by atomic mass is 9.71. The van der Waals surface area contributed by atoms with Crippen molar-refractivity contribution >= 4 is 0 Å². The Morgan fingerprint density at radius 3 is 1.74 bits per heavy atom. The first kappa shape index (κ1) is 19.2. The van der Waals surface area contributed by atoms with Crippen LogP contribution >= 0.6 is 0 Å². The van der Waals surface area contributed by atoms with Gasteiger partial charge in [-0.05, 0) is 24.3 Å². The first-order valence-electron chi connectivity index (χ1n) is 8.34. The molecule has 126 valence electrons. The molecule has 2 aromatic carbocycles. The highest BCUT2D eigenvalue weighted by molar-refractivity contribution is 5.39. The first-order chi connectivity index (χ1) is 11.3. The lowest BCUT2D eigenvalue weighted by molar-refractivity contribution is 0.304. The Balaban J connectivity index is 0.000000276. The molecule has 0 aliphatic heterocycles. The monoisotopic (exact) mass is 314 g/mol. The van der Waals surface area contributed by atoms with Crippen LogP contribution in [0.2, 0.25) is 0 Å². The zero-order chi connectivity index (χ0) is 17.0. The van der Waals surface area contributed by atoms with Crippen molar-refractivity contribution in [2.75, 3.05) is 14.2 Å². The van der Waals surface area contributed by atoms with Crippen molar-refractivity contribution in [2.24, 2.45) is 0 Å². The molecule has 2 aromatic rings. The van der Waals surface area contributed by atoms with E-state index in [-0.39, 0.29) is 0 Å². The van der Waals surface area contributed by atoms with Gasteiger partial charge in [-0.2, -0.15) is 0 Å². The second kappa shape index (κ2) is 10.8. The predicted molar refractivity (Wildman–Crippen MR) is 98.0 cm³/mol. The van der Waals surface area contributed by atoms with Crippen molar-refractivity contribution in [1.82, 2.24) is 0 Å². The summed E-state index contributed by atoms with van der Waals surface area (Å²) >= 11 is 0. The van der Waals surface area contributed by atoms with E-state index in [0.717, 1.165) is 12.9 Å². The number of aliphatic hydroxyl groups is 1. The second-order valence-corrected chi connectivity index (χ2v) is 5.98. The van der Waals surface area contributed by atoms with Gasteiger partial charge in [0.2, 0.25) is 0 Å². The molecule has 0 unspecified atom stereocenters. The normalized spacial score (nSPS) is 15.3. The highest BCUT2D eigenvalue weighted by Gasteiger charge is 2.30. The minimum Gasteiger partial charge on any atom is -0.496 e. The minimum absolute atomic E-state index is 0.338. The maximum atomic E-state index is 7.00. The Kier molecular flexibility index (Phi) is 9.08. The molecule has 0 saturated heterocycles. The molecule has 0 amide bonds. The lowest BCUT2D eigenvalue weighted by Crippen LogP contribution is -2.25. The number of aliphatic hydroxyl groups excluding tert-OH is 1. The molecular weight excluding hydrogens is 284 g/mol. The van der Waals surface area contributed by atoms with E-state index < -0.39 is 0 Å². The molecule has 2 heteroatoms. The Hall–Kier alpha value is -1.80. The summed E-state index contributed by atoms with van der Waals surface area (Å²) in [6.45, 7) is 2.38. The molecule has 0 radical (unpaired) electrons. The third kappa shape index (κ3) is 6.07. The van der Waals surface area contributed by atoms with Crippen LogP contribution in [0.5, 0.6) is 5.75 Å². The molecule has 3 rings (SSSR count). The van der Waals surface area contributed by atoms with E-state index in [1.165, 1.54) is 37.7 Å². The molecule has 0 aromatic heterocycles.